The number of hydrogen-bond acceptors (Lipinski definition) is 5. The van der Waals surface area contributed by atoms with Gasteiger partial charge < -0.3 is 0 Å². The van der Waals surface area contributed by atoms with Gasteiger partial charge in [0, 0.05) is 0 Å². The molecule has 108 valence electrons. The Morgan fingerprint density at radius 2 is 1.85 bits per heavy atom. The predicted octanol–water partition coefficient (Wildman–Crippen LogP) is 1.69. The number of alkyl halides is 5. The van der Waals surface area contributed by atoms with E-state index in [2.05, 4.69) is 20.6 Å². The molecular weight excluding hydrogens is 315 g/mol. The summed E-state index contributed by atoms with van der Waals surface area (Å²) < 4.78 is 63.3. The molecule has 2 rings (SSSR count). The van der Waals surface area contributed by atoms with Gasteiger partial charge in [0.25, 0.3) is 0 Å². The average Bonchev–Trinajstić information content (AvgIpc) is 2.95. The lowest BCUT2D eigenvalue weighted by atomic mass is 10.2. The van der Waals surface area contributed by atoms with E-state index < -0.39 is 29.0 Å². The number of rotatable bonds is 1. The first kappa shape index (κ1) is 14.3. The van der Waals surface area contributed by atoms with Crippen molar-refractivity contribution < 1.29 is 26.7 Å². The van der Waals surface area contributed by atoms with E-state index in [1.165, 1.54) is 0 Å². The lowest BCUT2D eigenvalue weighted by Crippen LogP contribution is -2.34. The second-order valence-electron chi connectivity index (χ2n) is 3.34. The van der Waals surface area contributed by atoms with Gasteiger partial charge in [-0.2, -0.15) is 26.6 Å². The molecule has 0 unspecified atom stereocenters. The molecule has 20 heavy (non-hydrogen) atoms. The Morgan fingerprint density at radius 3 is 2.35 bits per heavy atom. The van der Waals surface area contributed by atoms with Gasteiger partial charge in [-0.15, -0.1) is 14.9 Å². The van der Waals surface area contributed by atoms with E-state index in [0.717, 1.165) is 12.4 Å². The molecule has 0 aliphatic heterocycles. The number of aromatic nitrogens is 6. The third-order valence-corrected chi connectivity index (χ3v) is 2.41. The smallest absolute Gasteiger partial charge is 0.243 e. The standard InChI is InChI=1S/C7H2ClF5N6O/c8-4-3(6(9,10)7(11,12)13)15-17-19(4)5(20)18-2-1-14-16-18/h1-2H. The van der Waals surface area contributed by atoms with Crippen LogP contribution in [0.15, 0.2) is 12.4 Å². The summed E-state index contributed by atoms with van der Waals surface area (Å²) in [6.07, 6.45) is -3.83. The fraction of sp³-hybridized carbons (Fsp3) is 0.286. The highest BCUT2D eigenvalue weighted by atomic mass is 35.5. The average molecular weight is 317 g/mol. The van der Waals surface area contributed by atoms with Crippen LogP contribution >= 0.6 is 11.6 Å². The summed E-state index contributed by atoms with van der Waals surface area (Å²) in [6.45, 7) is 0. The van der Waals surface area contributed by atoms with Crippen molar-refractivity contribution in [1.82, 2.24) is 30.0 Å². The molecule has 2 aromatic heterocycles. The van der Waals surface area contributed by atoms with Crippen LogP contribution < -0.4 is 0 Å². The Kier molecular flexibility index (Phi) is 3.20. The second kappa shape index (κ2) is 4.47. The van der Waals surface area contributed by atoms with Crippen molar-refractivity contribution in [3.05, 3.63) is 23.2 Å². The van der Waals surface area contributed by atoms with E-state index in [0.29, 0.717) is 4.68 Å². The minimum absolute atomic E-state index is 0.0468. The lowest BCUT2D eigenvalue weighted by molar-refractivity contribution is -0.290. The molecule has 0 fully saturated rings. The molecule has 0 radical (unpaired) electrons. The zero-order valence-electron chi connectivity index (χ0n) is 9.01. The molecule has 13 heteroatoms. The van der Waals surface area contributed by atoms with E-state index >= 15 is 0 Å². The van der Waals surface area contributed by atoms with Gasteiger partial charge in [-0.05, 0) is 0 Å². The molecule has 0 bridgehead atoms. The maximum absolute atomic E-state index is 13.1. The Labute approximate surface area is 110 Å². The first-order chi connectivity index (χ1) is 9.16. The van der Waals surface area contributed by atoms with Gasteiger partial charge in [0.1, 0.15) is 0 Å². The van der Waals surface area contributed by atoms with Crippen LogP contribution in [0.2, 0.25) is 5.15 Å². The Balaban J connectivity index is 2.45. The SMILES string of the molecule is O=C(n1ccnn1)n1nnc(C(F)(F)C(F)(F)F)c1Cl. The number of nitrogens with zero attached hydrogens (tertiary/aromatic N) is 6. The van der Waals surface area contributed by atoms with Gasteiger partial charge in [0.15, 0.2) is 10.8 Å². The minimum Gasteiger partial charge on any atom is -0.243 e. The summed E-state index contributed by atoms with van der Waals surface area (Å²) >= 11 is 5.30. The van der Waals surface area contributed by atoms with Gasteiger partial charge in [0.2, 0.25) is 0 Å². The van der Waals surface area contributed by atoms with Crippen molar-refractivity contribution in [2.45, 2.75) is 12.1 Å². The molecule has 0 aliphatic carbocycles. The second-order valence-corrected chi connectivity index (χ2v) is 3.70. The summed E-state index contributed by atoms with van der Waals surface area (Å²) in [5, 5.41) is 10.7. The molecule has 7 nitrogen and oxygen atoms in total. The van der Waals surface area contributed by atoms with Crippen LogP contribution in [0.1, 0.15) is 5.69 Å². The van der Waals surface area contributed by atoms with E-state index in [4.69, 9.17) is 11.6 Å². The molecule has 2 heterocycles. The summed E-state index contributed by atoms with van der Waals surface area (Å²) in [7, 11) is 0. The zero-order chi connectivity index (χ0) is 15.1. The topological polar surface area (TPSA) is 78.5 Å². The summed E-state index contributed by atoms with van der Waals surface area (Å²) in [5.41, 5.74) is -1.87. The lowest BCUT2D eigenvalue weighted by Gasteiger charge is -2.16. The highest BCUT2D eigenvalue weighted by Crippen LogP contribution is 2.45. The van der Waals surface area contributed by atoms with Crippen LogP contribution in [0, 0.1) is 0 Å². The first-order valence-corrected chi connectivity index (χ1v) is 5.01. The Morgan fingerprint density at radius 1 is 1.20 bits per heavy atom. The van der Waals surface area contributed by atoms with Crippen LogP contribution in [-0.2, 0) is 5.92 Å². The quantitative estimate of drug-likeness (QED) is 0.748. The molecule has 0 saturated heterocycles. The van der Waals surface area contributed by atoms with E-state index in [-0.39, 0.29) is 4.68 Å². The minimum atomic E-state index is -5.92. The fourth-order valence-electron chi connectivity index (χ4n) is 1.13. The van der Waals surface area contributed by atoms with Crippen molar-refractivity contribution in [3.63, 3.8) is 0 Å². The van der Waals surface area contributed by atoms with Crippen molar-refractivity contribution in [2.75, 3.05) is 0 Å². The normalized spacial score (nSPS) is 12.7. The molecule has 0 amide bonds. The molecule has 2 aromatic rings. The van der Waals surface area contributed by atoms with E-state index in [9.17, 15) is 26.7 Å². The van der Waals surface area contributed by atoms with Crippen LogP contribution in [0.4, 0.5) is 26.7 Å². The molecule has 0 N–H and O–H groups in total. The Hall–Kier alpha value is -2.11. The summed E-state index contributed by atoms with van der Waals surface area (Å²) in [4.78, 5) is 11.6. The van der Waals surface area contributed by atoms with Crippen LogP contribution in [0.3, 0.4) is 0 Å². The van der Waals surface area contributed by atoms with Crippen LogP contribution in [0.5, 0.6) is 0 Å². The number of hydrogen-bond donors (Lipinski definition) is 0. The number of carbonyl (C=O) groups excluding carboxylic acids is 1. The first-order valence-electron chi connectivity index (χ1n) is 4.63. The van der Waals surface area contributed by atoms with Crippen LogP contribution in [-0.4, -0.2) is 42.2 Å². The Bertz CT molecular complexity index is 635. The van der Waals surface area contributed by atoms with Gasteiger partial charge in [-0.25, -0.2) is 4.79 Å². The van der Waals surface area contributed by atoms with Gasteiger partial charge in [-0.1, -0.05) is 22.0 Å². The highest BCUT2D eigenvalue weighted by Gasteiger charge is 2.62. The zero-order valence-corrected chi connectivity index (χ0v) is 9.77. The highest BCUT2D eigenvalue weighted by molar-refractivity contribution is 6.31. The number of halogens is 6. The van der Waals surface area contributed by atoms with Crippen molar-refractivity contribution >= 4 is 17.6 Å². The maximum Gasteiger partial charge on any atom is 0.459 e. The van der Waals surface area contributed by atoms with Crippen molar-refractivity contribution in [1.29, 1.82) is 0 Å². The monoisotopic (exact) mass is 316 g/mol. The van der Waals surface area contributed by atoms with Gasteiger partial charge in [0.05, 0.1) is 12.4 Å². The van der Waals surface area contributed by atoms with Crippen LogP contribution in [0.25, 0.3) is 0 Å². The van der Waals surface area contributed by atoms with Gasteiger partial charge >= 0.3 is 18.1 Å². The van der Waals surface area contributed by atoms with E-state index in [1.807, 2.05) is 0 Å². The third kappa shape index (κ3) is 2.11. The fourth-order valence-corrected chi connectivity index (χ4v) is 1.39. The molecule has 0 aliphatic rings. The third-order valence-electron chi connectivity index (χ3n) is 2.07. The molecule has 0 aromatic carbocycles. The molecule has 0 spiro atoms. The van der Waals surface area contributed by atoms with Crippen molar-refractivity contribution in [3.8, 4) is 0 Å². The van der Waals surface area contributed by atoms with Crippen molar-refractivity contribution in [2.24, 2.45) is 0 Å². The molecule has 0 atom stereocenters. The van der Waals surface area contributed by atoms with E-state index in [1.54, 1.807) is 0 Å². The molecular formula is C7H2ClF5N6O. The molecule has 0 saturated carbocycles. The van der Waals surface area contributed by atoms with Gasteiger partial charge in [-0.3, -0.25) is 0 Å². The largest absolute Gasteiger partial charge is 0.459 e. The summed E-state index contributed by atoms with van der Waals surface area (Å²) in [5.74, 6) is -5.34. The summed E-state index contributed by atoms with van der Waals surface area (Å²) in [6, 6.07) is -1.22. The number of carbonyl (C=O) groups is 1. The maximum atomic E-state index is 13.1. The predicted molar refractivity (Wildman–Crippen MR) is 51.2 cm³/mol.